The Bertz CT molecular complexity index is 944. The number of imidazole rings is 1. The summed E-state index contributed by atoms with van der Waals surface area (Å²) in [7, 11) is 0. The Morgan fingerprint density at radius 1 is 1.15 bits per heavy atom. The maximum Gasteiger partial charge on any atom is 0.277 e. The highest BCUT2D eigenvalue weighted by molar-refractivity contribution is 5.94. The van der Waals surface area contributed by atoms with Gasteiger partial charge in [-0.15, -0.1) is 0 Å². The zero-order valence-corrected chi connectivity index (χ0v) is 14.4. The summed E-state index contributed by atoms with van der Waals surface area (Å²) in [6, 6.07) is 9.88. The van der Waals surface area contributed by atoms with Crippen molar-refractivity contribution in [3.63, 3.8) is 0 Å². The molecule has 0 saturated carbocycles. The Labute approximate surface area is 151 Å². The molecule has 1 aliphatic carbocycles. The van der Waals surface area contributed by atoms with Gasteiger partial charge in [0, 0.05) is 30.6 Å². The number of hydrogen-bond donors (Lipinski definition) is 1. The number of nitrogens with one attached hydrogen (secondary N) is 1. The number of H-pyrrole nitrogens is 1. The number of carbonyl (C=O) groups excluding carboxylic acids is 1. The van der Waals surface area contributed by atoms with E-state index in [0.717, 1.165) is 60.4 Å². The molecule has 3 heterocycles. The second kappa shape index (κ2) is 6.12. The minimum Gasteiger partial charge on any atom is -0.360 e. The third-order valence-electron chi connectivity index (χ3n) is 5.45. The molecule has 0 radical (unpaired) electrons. The van der Waals surface area contributed by atoms with E-state index in [0.29, 0.717) is 12.2 Å². The summed E-state index contributed by atoms with van der Waals surface area (Å²) in [4.78, 5) is 23.0. The van der Waals surface area contributed by atoms with Gasteiger partial charge in [0.15, 0.2) is 5.69 Å². The fourth-order valence-electron chi connectivity index (χ4n) is 4.16. The van der Waals surface area contributed by atoms with Gasteiger partial charge in [0.05, 0.1) is 12.0 Å². The van der Waals surface area contributed by atoms with Crippen molar-refractivity contribution in [2.45, 2.75) is 38.1 Å². The molecule has 5 rings (SSSR count). The van der Waals surface area contributed by atoms with Gasteiger partial charge >= 0.3 is 0 Å². The van der Waals surface area contributed by atoms with Crippen LogP contribution in [0.4, 0.5) is 0 Å². The molecular formula is C20H20N4O2. The van der Waals surface area contributed by atoms with Crippen molar-refractivity contribution in [1.82, 2.24) is 20.0 Å². The van der Waals surface area contributed by atoms with Crippen LogP contribution in [0.25, 0.3) is 0 Å². The fraction of sp³-hybridized carbons (Fsp3) is 0.350. The largest absolute Gasteiger partial charge is 0.360 e. The molecule has 1 N–H and O–H groups in total. The summed E-state index contributed by atoms with van der Waals surface area (Å²) in [5.74, 6) is 0.827. The van der Waals surface area contributed by atoms with Gasteiger partial charge in [-0.05, 0) is 24.8 Å². The van der Waals surface area contributed by atoms with Crippen LogP contribution in [0.3, 0.4) is 0 Å². The quantitative estimate of drug-likeness (QED) is 0.772. The summed E-state index contributed by atoms with van der Waals surface area (Å²) >= 11 is 0. The van der Waals surface area contributed by atoms with Gasteiger partial charge in [0.1, 0.15) is 11.8 Å². The van der Waals surface area contributed by atoms with Gasteiger partial charge in [0.2, 0.25) is 0 Å². The molecule has 2 aromatic heterocycles. The molecule has 2 aliphatic rings. The SMILES string of the molecule is O=C(c1noc2c1CCCC2)N1CCc2[nH]cnc2[C@H]1c1ccccc1. The Morgan fingerprint density at radius 3 is 2.88 bits per heavy atom. The van der Waals surface area contributed by atoms with Gasteiger partial charge in [0.25, 0.3) is 5.91 Å². The number of aryl methyl sites for hydroxylation is 1. The van der Waals surface area contributed by atoms with E-state index in [2.05, 4.69) is 15.1 Å². The number of hydrogen-bond acceptors (Lipinski definition) is 4. The van der Waals surface area contributed by atoms with E-state index < -0.39 is 0 Å². The molecular weight excluding hydrogens is 328 g/mol. The maximum absolute atomic E-state index is 13.4. The molecule has 0 saturated heterocycles. The smallest absolute Gasteiger partial charge is 0.277 e. The summed E-state index contributed by atoms with van der Waals surface area (Å²) in [6.45, 7) is 0.634. The third-order valence-corrected chi connectivity index (χ3v) is 5.45. The first-order valence-electron chi connectivity index (χ1n) is 9.18. The van der Waals surface area contributed by atoms with Crippen molar-refractivity contribution in [1.29, 1.82) is 0 Å². The lowest BCUT2D eigenvalue weighted by molar-refractivity contribution is 0.0679. The molecule has 26 heavy (non-hydrogen) atoms. The van der Waals surface area contributed by atoms with E-state index in [4.69, 9.17) is 4.52 Å². The van der Waals surface area contributed by atoms with Crippen LogP contribution in [-0.2, 0) is 19.3 Å². The summed E-state index contributed by atoms with van der Waals surface area (Å²) in [5, 5.41) is 4.15. The lowest BCUT2D eigenvalue weighted by atomic mass is 9.93. The van der Waals surface area contributed by atoms with Crippen LogP contribution in [0.2, 0.25) is 0 Å². The number of rotatable bonds is 2. The number of aromatic nitrogens is 3. The van der Waals surface area contributed by atoms with E-state index in [1.807, 2.05) is 35.2 Å². The fourth-order valence-corrected chi connectivity index (χ4v) is 4.16. The van der Waals surface area contributed by atoms with Crippen molar-refractivity contribution >= 4 is 5.91 Å². The van der Waals surface area contributed by atoms with Crippen molar-refractivity contribution in [3.05, 3.63) is 70.6 Å². The topological polar surface area (TPSA) is 75.0 Å². The van der Waals surface area contributed by atoms with Gasteiger partial charge < -0.3 is 14.4 Å². The van der Waals surface area contributed by atoms with E-state index in [1.165, 1.54) is 0 Å². The van der Waals surface area contributed by atoms with E-state index in [-0.39, 0.29) is 11.9 Å². The second-order valence-corrected chi connectivity index (χ2v) is 6.97. The molecule has 0 unspecified atom stereocenters. The number of fused-ring (bicyclic) bond motifs is 2. The molecule has 6 heteroatoms. The molecule has 1 amide bonds. The normalized spacial score (nSPS) is 19.1. The standard InChI is InChI=1S/C20H20N4O2/c25-20(17-14-8-4-5-9-16(14)26-23-17)24-11-10-15-18(22-12-21-15)19(24)13-6-2-1-3-7-13/h1-3,6-7,12,19H,4-5,8-11H2,(H,21,22)/t19-/m1/s1. The minimum atomic E-state index is -0.199. The van der Waals surface area contributed by atoms with Gasteiger partial charge in [-0.25, -0.2) is 4.98 Å². The van der Waals surface area contributed by atoms with Crippen molar-refractivity contribution < 1.29 is 9.32 Å². The highest BCUT2D eigenvalue weighted by Crippen LogP contribution is 2.35. The first-order valence-corrected chi connectivity index (χ1v) is 9.18. The molecule has 132 valence electrons. The number of amides is 1. The lowest BCUT2D eigenvalue weighted by Gasteiger charge is -2.35. The molecule has 1 aromatic carbocycles. The van der Waals surface area contributed by atoms with Gasteiger partial charge in [-0.2, -0.15) is 0 Å². The highest BCUT2D eigenvalue weighted by Gasteiger charge is 2.37. The monoisotopic (exact) mass is 348 g/mol. The van der Waals surface area contributed by atoms with Crippen LogP contribution < -0.4 is 0 Å². The van der Waals surface area contributed by atoms with Crippen molar-refractivity contribution in [2.75, 3.05) is 6.54 Å². The van der Waals surface area contributed by atoms with E-state index >= 15 is 0 Å². The highest BCUT2D eigenvalue weighted by atomic mass is 16.5. The van der Waals surface area contributed by atoms with Gasteiger partial charge in [-0.1, -0.05) is 35.5 Å². The molecule has 3 aromatic rings. The average Bonchev–Trinajstić information content (AvgIpc) is 3.34. The number of aromatic amines is 1. The average molecular weight is 348 g/mol. The van der Waals surface area contributed by atoms with Crippen LogP contribution in [0.5, 0.6) is 0 Å². The van der Waals surface area contributed by atoms with Crippen LogP contribution >= 0.6 is 0 Å². The zero-order valence-electron chi connectivity index (χ0n) is 14.4. The third kappa shape index (κ3) is 2.36. The summed E-state index contributed by atoms with van der Waals surface area (Å²) < 4.78 is 5.48. The van der Waals surface area contributed by atoms with Crippen LogP contribution in [0.1, 0.15) is 57.6 Å². The predicted octanol–water partition coefficient (Wildman–Crippen LogP) is 3.06. The Balaban J connectivity index is 1.57. The van der Waals surface area contributed by atoms with E-state index in [1.54, 1.807) is 6.33 Å². The minimum absolute atomic E-state index is 0.0561. The van der Waals surface area contributed by atoms with E-state index in [9.17, 15) is 4.79 Å². The van der Waals surface area contributed by atoms with Crippen molar-refractivity contribution in [2.24, 2.45) is 0 Å². The van der Waals surface area contributed by atoms with Crippen LogP contribution in [0, 0.1) is 0 Å². The number of nitrogens with zero attached hydrogens (tertiary/aromatic N) is 3. The summed E-state index contributed by atoms with van der Waals surface area (Å²) in [6.07, 6.45) is 6.42. The Hall–Kier alpha value is -2.89. The number of benzene rings is 1. The Kier molecular flexibility index (Phi) is 3.62. The first kappa shape index (κ1) is 15.4. The number of carbonyl (C=O) groups is 1. The van der Waals surface area contributed by atoms with Gasteiger partial charge in [-0.3, -0.25) is 4.79 Å². The second-order valence-electron chi connectivity index (χ2n) is 6.97. The molecule has 1 atom stereocenters. The molecule has 0 spiro atoms. The maximum atomic E-state index is 13.4. The van der Waals surface area contributed by atoms with Crippen LogP contribution in [0.15, 0.2) is 41.2 Å². The zero-order chi connectivity index (χ0) is 17.5. The molecule has 0 fully saturated rings. The molecule has 1 aliphatic heterocycles. The lowest BCUT2D eigenvalue weighted by Crippen LogP contribution is -2.41. The Morgan fingerprint density at radius 2 is 2.00 bits per heavy atom. The first-order chi connectivity index (χ1) is 12.8. The predicted molar refractivity (Wildman–Crippen MR) is 94.8 cm³/mol. The molecule has 0 bridgehead atoms. The molecule has 6 nitrogen and oxygen atoms in total. The van der Waals surface area contributed by atoms with Crippen LogP contribution in [-0.4, -0.2) is 32.5 Å². The summed E-state index contributed by atoms with van der Waals surface area (Å²) in [5.41, 5.74) is 4.57. The van der Waals surface area contributed by atoms with Crippen molar-refractivity contribution in [3.8, 4) is 0 Å².